The van der Waals surface area contributed by atoms with Crippen molar-refractivity contribution in [2.75, 3.05) is 10.6 Å². The summed E-state index contributed by atoms with van der Waals surface area (Å²) in [5, 5.41) is 69.2. The van der Waals surface area contributed by atoms with E-state index in [-0.39, 0.29) is 123 Å². The van der Waals surface area contributed by atoms with Crippen LogP contribution in [0.1, 0.15) is 110 Å². The number of aliphatic hydroxyl groups excluding tert-OH is 4. The van der Waals surface area contributed by atoms with Crippen molar-refractivity contribution in [1.29, 1.82) is 0 Å². The number of hydrogen-bond donors (Lipinski definition) is 6. The second-order valence-corrected chi connectivity index (χ2v) is 20.8. The number of halogens is 2. The number of benzene rings is 6. The van der Waals surface area contributed by atoms with Gasteiger partial charge in [0.15, 0.2) is 0 Å². The first kappa shape index (κ1) is 68.3. The van der Waals surface area contributed by atoms with E-state index >= 15 is 0 Å². The normalized spacial score (nSPS) is 12.4. The Labute approximate surface area is 534 Å². The number of aromatic nitrogens is 2. The summed E-state index contributed by atoms with van der Waals surface area (Å²) < 4.78 is 32.0. The third-order valence-corrected chi connectivity index (χ3v) is 13.8. The molecular weight excluding hydrogens is 1110 g/mol. The molecule has 4 atom stereocenters. The van der Waals surface area contributed by atoms with E-state index in [0.717, 1.165) is 22.5 Å². The molecule has 2 amide bonds. The monoisotopic (exact) mass is 1180 g/mol. The fourth-order valence-corrected chi connectivity index (χ4v) is 10.4. The van der Waals surface area contributed by atoms with E-state index in [9.17, 15) is 58.6 Å². The SMILES string of the molecule is CC(C)c1c(C(=O)Nc2ccccc2)c(-c2ccccc2)c(-c2ccc(F)cc2)n1CC[C@@H](O)C[C@@H](O)CC(=O)[O-].CC(C)c1c(C(=O)Nc2ccccc2)c(-c2ccccc2)c(-c2ccc(F)cc2)n1CC[C@@H](O)C[C@@H](O)CC(=O)[O-].[Ca+2].[MgH2]. The molecule has 0 aliphatic rings. The van der Waals surface area contributed by atoms with Crippen LogP contribution in [0, 0.1) is 11.6 Å². The van der Waals surface area contributed by atoms with Gasteiger partial charge in [0.05, 0.1) is 46.9 Å². The molecule has 0 fully saturated rings. The number of carbonyl (C=O) groups is 4. The Morgan fingerprint density at radius 1 is 0.452 bits per heavy atom. The molecular formula is C66H70CaF2MgN4O10. The first-order valence-corrected chi connectivity index (χ1v) is 27.3. The molecule has 0 bridgehead atoms. The number of rotatable bonds is 24. The van der Waals surface area contributed by atoms with Crippen LogP contribution in [0.15, 0.2) is 170 Å². The van der Waals surface area contributed by atoms with E-state index in [1.54, 1.807) is 48.5 Å². The predicted molar refractivity (Wildman–Crippen MR) is 324 cm³/mol. The summed E-state index contributed by atoms with van der Waals surface area (Å²) in [6, 6.07) is 49.4. The van der Waals surface area contributed by atoms with Crippen molar-refractivity contribution in [2.45, 2.75) is 116 Å². The van der Waals surface area contributed by atoms with Crippen molar-refractivity contribution in [3.05, 3.63) is 204 Å². The summed E-state index contributed by atoms with van der Waals surface area (Å²) in [4.78, 5) is 49.8. The van der Waals surface area contributed by atoms with E-state index in [1.165, 1.54) is 24.3 Å². The summed E-state index contributed by atoms with van der Waals surface area (Å²) in [7, 11) is 0. The predicted octanol–water partition coefficient (Wildman–Crippen LogP) is 8.66. The number of amides is 2. The van der Waals surface area contributed by atoms with Gasteiger partial charge in [-0.3, -0.25) is 9.59 Å². The van der Waals surface area contributed by atoms with Gasteiger partial charge in [0.2, 0.25) is 0 Å². The molecule has 0 spiro atoms. The molecule has 0 aliphatic heterocycles. The minimum Gasteiger partial charge on any atom is -0.550 e. The number of anilines is 2. The van der Waals surface area contributed by atoms with Gasteiger partial charge in [0.25, 0.3) is 11.8 Å². The van der Waals surface area contributed by atoms with Gasteiger partial charge in [-0.15, -0.1) is 0 Å². The van der Waals surface area contributed by atoms with Crippen LogP contribution in [-0.4, -0.2) is 139 Å². The van der Waals surface area contributed by atoms with Crippen LogP contribution in [0.2, 0.25) is 0 Å². The number of nitrogens with one attached hydrogen (secondary N) is 2. The zero-order chi connectivity index (χ0) is 59.0. The van der Waals surface area contributed by atoms with E-state index in [1.807, 2.05) is 134 Å². The number of nitrogens with zero attached hydrogens (tertiary/aromatic N) is 2. The maximum Gasteiger partial charge on any atom is 2.00 e. The molecule has 2 heterocycles. The number of carboxylic acids is 2. The summed E-state index contributed by atoms with van der Waals surface area (Å²) in [6.07, 6.45) is -5.54. The molecule has 6 aromatic carbocycles. The van der Waals surface area contributed by atoms with Gasteiger partial charge >= 0.3 is 60.8 Å². The first-order valence-electron chi connectivity index (χ1n) is 27.3. The van der Waals surface area contributed by atoms with Crippen molar-refractivity contribution in [3.8, 4) is 44.8 Å². The second-order valence-electron chi connectivity index (χ2n) is 20.8. The molecule has 0 saturated heterocycles. The van der Waals surface area contributed by atoms with Gasteiger partial charge < -0.3 is 60.0 Å². The van der Waals surface area contributed by atoms with Crippen LogP contribution in [0.4, 0.5) is 20.2 Å². The average molecular weight is 1180 g/mol. The van der Waals surface area contributed by atoms with Crippen LogP contribution >= 0.6 is 0 Å². The fraction of sp³-hybridized carbons (Fsp3) is 0.273. The molecule has 0 radical (unpaired) electrons. The maximum atomic E-state index is 14.0. The number of carboxylic acid groups (broad SMARTS) is 2. The minimum atomic E-state index is -1.39. The van der Waals surface area contributed by atoms with Crippen LogP contribution in [0.25, 0.3) is 44.8 Å². The molecule has 2 aromatic heterocycles. The van der Waals surface area contributed by atoms with Crippen LogP contribution in [0.5, 0.6) is 0 Å². The van der Waals surface area contributed by atoms with E-state index in [2.05, 4.69) is 10.6 Å². The van der Waals surface area contributed by atoms with Gasteiger partial charge in [-0.05, 0) is 133 Å². The maximum absolute atomic E-state index is 14.0. The topological polar surface area (TPSA) is 229 Å². The molecule has 432 valence electrons. The van der Waals surface area contributed by atoms with Gasteiger partial charge in [-0.1, -0.05) is 125 Å². The first-order chi connectivity index (χ1) is 39.3. The molecule has 8 rings (SSSR count). The third-order valence-electron chi connectivity index (χ3n) is 13.8. The van der Waals surface area contributed by atoms with E-state index in [4.69, 9.17) is 0 Å². The summed E-state index contributed by atoms with van der Waals surface area (Å²) in [6.45, 7) is 8.45. The minimum absolute atomic E-state index is 0. The average Bonchev–Trinajstić information content (AvgIpc) is 2.49. The molecule has 14 nitrogen and oxygen atoms in total. The van der Waals surface area contributed by atoms with Crippen molar-refractivity contribution < 1.29 is 58.6 Å². The van der Waals surface area contributed by atoms with E-state index in [0.29, 0.717) is 56.1 Å². The largest absolute Gasteiger partial charge is 2.00 e. The Bertz CT molecular complexity index is 3180. The quantitative estimate of drug-likeness (QED) is 0.0316. The molecule has 0 aliphatic carbocycles. The number of aliphatic carboxylic acids is 2. The summed E-state index contributed by atoms with van der Waals surface area (Å²) in [5.41, 5.74) is 9.43. The van der Waals surface area contributed by atoms with Crippen molar-refractivity contribution in [2.24, 2.45) is 0 Å². The number of aliphatic hydroxyl groups is 4. The zero-order valence-electron chi connectivity index (χ0n) is 46.9. The summed E-state index contributed by atoms with van der Waals surface area (Å²) in [5.74, 6) is -4.41. The molecule has 0 saturated carbocycles. The van der Waals surface area contributed by atoms with E-state index < -0.39 is 60.8 Å². The van der Waals surface area contributed by atoms with Crippen LogP contribution < -0.4 is 20.8 Å². The van der Waals surface area contributed by atoms with Gasteiger partial charge in [-0.25, -0.2) is 8.78 Å². The molecule has 6 N–H and O–H groups in total. The van der Waals surface area contributed by atoms with Crippen molar-refractivity contribution in [3.63, 3.8) is 0 Å². The Morgan fingerprint density at radius 2 is 0.750 bits per heavy atom. The molecule has 84 heavy (non-hydrogen) atoms. The molecule has 8 aromatic rings. The Morgan fingerprint density at radius 3 is 1.04 bits per heavy atom. The number of para-hydroxylation sites is 2. The molecule has 0 unspecified atom stereocenters. The number of carbonyl (C=O) groups excluding carboxylic acids is 4. The fourth-order valence-electron chi connectivity index (χ4n) is 10.4. The molecule has 18 heteroatoms. The Balaban J connectivity index is 0.000000300. The summed E-state index contributed by atoms with van der Waals surface area (Å²) >= 11 is 0. The zero-order valence-corrected chi connectivity index (χ0v) is 49.1. The Hall–Kier alpha value is -6.51. The number of hydrogen-bond acceptors (Lipinski definition) is 10. The standard InChI is InChI=1S/2C33H35FN2O5.Ca.Mg.2H/c2*1-21(2)31-30(33(41)35-25-11-7-4-8-12-25)29(22-9-5-3-6-10-22)32(23-13-15-24(34)16-14-23)36(31)18-17-26(37)19-27(38)20-28(39)40;;;;/h2*3-16,21,26-27,37-38H,17-20H2,1-2H3,(H,35,41)(H,39,40);;;;/q;;+2;;;/p-2/t2*26-,27-;;;;/m11..../s1. The van der Waals surface area contributed by atoms with Crippen LogP contribution in [0.3, 0.4) is 0 Å². The van der Waals surface area contributed by atoms with Crippen molar-refractivity contribution >= 4 is 95.9 Å². The van der Waals surface area contributed by atoms with Gasteiger partial charge in [0, 0.05) is 71.8 Å². The van der Waals surface area contributed by atoms with Crippen LogP contribution in [-0.2, 0) is 22.7 Å². The third kappa shape index (κ3) is 18.3. The smallest absolute Gasteiger partial charge is 0.550 e. The van der Waals surface area contributed by atoms with Gasteiger partial charge in [-0.2, -0.15) is 0 Å². The van der Waals surface area contributed by atoms with Gasteiger partial charge in [0.1, 0.15) is 11.6 Å². The second kappa shape index (κ2) is 32.7. The Kier molecular flexibility index (Phi) is 26.6. The van der Waals surface area contributed by atoms with Crippen molar-refractivity contribution in [1.82, 2.24) is 9.13 Å².